The minimum Gasteiger partial charge on any atom is -0.374 e. The topological polar surface area (TPSA) is 46.2 Å². The number of hydrogen-bond acceptors (Lipinski definition) is 6. The Bertz CT molecular complexity index is 1700. The van der Waals surface area contributed by atoms with Gasteiger partial charge in [0.25, 0.3) is 0 Å². The molecule has 48 heavy (non-hydrogen) atoms. The van der Waals surface area contributed by atoms with Gasteiger partial charge < -0.3 is 23.7 Å². The molecule has 0 spiro atoms. The average Bonchev–Trinajstić information content (AvgIpc) is 3.14. The number of rotatable bonds is 8. The van der Waals surface area contributed by atoms with Gasteiger partial charge in [-0.2, -0.15) is 0 Å². The molecule has 0 aromatic heterocycles. The van der Waals surface area contributed by atoms with Crippen LogP contribution in [0, 0.1) is 0 Å². The van der Waals surface area contributed by atoms with Crippen molar-refractivity contribution >= 4 is 11.8 Å². The van der Waals surface area contributed by atoms with E-state index in [9.17, 15) is 0 Å². The average molecular weight is 659 g/mol. The fourth-order valence-corrected chi connectivity index (χ4v) is 7.61. The first-order valence-electron chi connectivity index (χ1n) is 16.8. The third-order valence-electron chi connectivity index (χ3n) is 9.03. The van der Waals surface area contributed by atoms with Crippen LogP contribution in [-0.2, 0) is 63.0 Å². The molecular weight excluding hydrogens is 617 g/mol. The second kappa shape index (κ2) is 16.6. The van der Waals surface area contributed by atoms with Crippen molar-refractivity contribution in [3.63, 3.8) is 0 Å². The SMILES string of the molecule is c1ccc(COC2C3OCc4ccccc4CCc4ccccc4COCC(O[C@H]2Sc2ccccc2)[C@H]3OCc2ccccc2)cc1. The lowest BCUT2D eigenvalue weighted by molar-refractivity contribution is -0.254. The van der Waals surface area contributed by atoms with E-state index in [1.165, 1.54) is 22.3 Å². The van der Waals surface area contributed by atoms with E-state index in [2.05, 4.69) is 97.1 Å². The van der Waals surface area contributed by atoms with Crippen LogP contribution in [0.2, 0.25) is 0 Å². The van der Waals surface area contributed by atoms with E-state index in [1.807, 2.05) is 42.5 Å². The highest BCUT2D eigenvalue weighted by molar-refractivity contribution is 7.99. The first-order chi connectivity index (χ1) is 23.8. The van der Waals surface area contributed by atoms with Gasteiger partial charge in [-0.05, 0) is 58.4 Å². The van der Waals surface area contributed by atoms with E-state index in [-0.39, 0.29) is 11.5 Å². The van der Waals surface area contributed by atoms with Gasteiger partial charge >= 0.3 is 0 Å². The molecule has 0 radical (unpaired) electrons. The molecule has 5 aromatic rings. The molecule has 246 valence electrons. The summed E-state index contributed by atoms with van der Waals surface area (Å²) in [7, 11) is 0. The smallest absolute Gasteiger partial charge is 0.137 e. The lowest BCUT2D eigenvalue weighted by atomic mass is 9.96. The van der Waals surface area contributed by atoms with Crippen LogP contribution in [-0.4, -0.2) is 36.5 Å². The van der Waals surface area contributed by atoms with E-state index >= 15 is 0 Å². The minimum atomic E-state index is -0.441. The second-order valence-corrected chi connectivity index (χ2v) is 13.5. The van der Waals surface area contributed by atoms with Crippen molar-refractivity contribution in [2.45, 2.75) is 74.0 Å². The number of fused-ring (bicyclic) bond motifs is 4. The van der Waals surface area contributed by atoms with Gasteiger partial charge in [0, 0.05) is 4.90 Å². The van der Waals surface area contributed by atoms with Gasteiger partial charge in [-0.25, -0.2) is 0 Å². The summed E-state index contributed by atoms with van der Waals surface area (Å²) in [6.45, 7) is 2.16. The number of aryl methyl sites for hydroxylation is 2. The summed E-state index contributed by atoms with van der Waals surface area (Å²) < 4.78 is 34.2. The molecule has 0 amide bonds. The predicted octanol–water partition coefficient (Wildman–Crippen LogP) is 8.58. The van der Waals surface area contributed by atoms with Gasteiger partial charge in [0.15, 0.2) is 0 Å². The molecule has 0 N–H and O–H groups in total. The summed E-state index contributed by atoms with van der Waals surface area (Å²) in [6, 6.07) is 48.1. The first-order valence-corrected chi connectivity index (χ1v) is 17.7. The van der Waals surface area contributed by atoms with Crippen LogP contribution in [0.3, 0.4) is 0 Å². The Hall–Kier alpha value is -3.75. The van der Waals surface area contributed by atoms with E-state index in [4.69, 9.17) is 23.7 Å². The Morgan fingerprint density at radius 3 is 1.65 bits per heavy atom. The van der Waals surface area contributed by atoms with Gasteiger partial charge in [-0.1, -0.05) is 139 Å². The molecule has 5 atom stereocenters. The molecule has 0 saturated carbocycles. The van der Waals surface area contributed by atoms with Gasteiger partial charge in [0.05, 0.1) is 33.0 Å². The maximum absolute atomic E-state index is 7.02. The first kappa shape index (κ1) is 32.8. The van der Waals surface area contributed by atoms with Crippen molar-refractivity contribution in [2.24, 2.45) is 0 Å². The van der Waals surface area contributed by atoms with Crippen molar-refractivity contribution < 1.29 is 23.7 Å². The van der Waals surface area contributed by atoms with Crippen molar-refractivity contribution in [2.75, 3.05) is 6.61 Å². The van der Waals surface area contributed by atoms with E-state index in [1.54, 1.807) is 11.8 Å². The van der Waals surface area contributed by atoms with Crippen molar-refractivity contribution in [1.29, 1.82) is 0 Å². The van der Waals surface area contributed by atoms with Crippen LogP contribution in [0.4, 0.5) is 0 Å². The van der Waals surface area contributed by atoms with E-state index in [0.717, 1.165) is 28.9 Å². The maximum atomic E-state index is 7.02. The highest BCUT2D eigenvalue weighted by atomic mass is 32.2. The lowest BCUT2D eigenvalue weighted by Gasteiger charge is -2.46. The molecule has 1 saturated heterocycles. The molecule has 7 rings (SSSR count). The standard InChI is InChI=1S/C42H42O5S/c1-4-14-31(15-5-1)26-44-39-38-30-43-28-35-20-12-10-18-33(35)24-25-34-19-11-13-21-36(34)29-46-40(39)41(45-27-32-16-6-2-7-17-32)42(47-38)48-37-22-8-3-9-23-37/h1-23,38-42H,24-30H2/t38?,39-,40?,41?,42+/m1/s1. The van der Waals surface area contributed by atoms with E-state index < -0.39 is 18.3 Å². The van der Waals surface area contributed by atoms with Crippen molar-refractivity contribution in [1.82, 2.24) is 0 Å². The minimum absolute atomic E-state index is 0.360. The molecule has 3 unspecified atom stereocenters. The van der Waals surface area contributed by atoms with Gasteiger partial charge in [0.2, 0.25) is 0 Å². The van der Waals surface area contributed by atoms with Crippen LogP contribution >= 0.6 is 11.8 Å². The second-order valence-electron chi connectivity index (χ2n) is 12.3. The molecular formula is C42H42O5S. The molecule has 1 fully saturated rings. The quantitative estimate of drug-likeness (QED) is 0.167. The lowest BCUT2D eigenvalue weighted by Crippen LogP contribution is -2.60. The highest BCUT2D eigenvalue weighted by Gasteiger charge is 2.49. The summed E-state index contributed by atoms with van der Waals surface area (Å²) in [6.07, 6.45) is 0.172. The fraction of sp³-hybridized carbons (Fsp3) is 0.286. The molecule has 2 heterocycles. The zero-order chi connectivity index (χ0) is 32.4. The number of thioether (sulfide) groups is 1. The van der Waals surface area contributed by atoms with Crippen LogP contribution in [0.25, 0.3) is 0 Å². The van der Waals surface area contributed by atoms with Gasteiger partial charge in [0.1, 0.15) is 29.9 Å². The van der Waals surface area contributed by atoms with Crippen LogP contribution < -0.4 is 0 Å². The zero-order valence-corrected chi connectivity index (χ0v) is 27.9. The van der Waals surface area contributed by atoms with Crippen LogP contribution in [0.1, 0.15) is 33.4 Å². The Labute approximate surface area is 288 Å². The summed E-state index contributed by atoms with van der Waals surface area (Å²) >= 11 is 1.66. The highest BCUT2D eigenvalue weighted by Crippen LogP contribution is 2.38. The summed E-state index contributed by atoms with van der Waals surface area (Å²) in [5, 5.41) is 0. The van der Waals surface area contributed by atoms with Gasteiger partial charge in [-0.3, -0.25) is 0 Å². The zero-order valence-electron chi connectivity index (χ0n) is 27.1. The van der Waals surface area contributed by atoms with Crippen LogP contribution in [0.5, 0.6) is 0 Å². The Balaban J connectivity index is 1.26. The summed E-state index contributed by atoms with van der Waals surface area (Å²) in [5.74, 6) is 0. The molecule has 2 aliphatic heterocycles. The Morgan fingerprint density at radius 2 is 1.04 bits per heavy atom. The van der Waals surface area contributed by atoms with Crippen molar-refractivity contribution in [3.8, 4) is 0 Å². The summed E-state index contributed by atoms with van der Waals surface area (Å²) in [4.78, 5) is 1.10. The van der Waals surface area contributed by atoms with Crippen molar-refractivity contribution in [3.05, 3.63) is 173 Å². The largest absolute Gasteiger partial charge is 0.374 e. The third kappa shape index (κ3) is 8.45. The normalized spacial score (nSPS) is 23.0. The number of hydrogen-bond donors (Lipinski definition) is 0. The molecule has 5 nitrogen and oxygen atoms in total. The molecule has 5 aromatic carbocycles. The monoisotopic (exact) mass is 658 g/mol. The molecule has 2 bridgehead atoms. The number of ether oxygens (including phenoxy) is 5. The summed E-state index contributed by atoms with van der Waals surface area (Å²) in [5.41, 5.74) is 6.80. The Morgan fingerprint density at radius 1 is 0.542 bits per heavy atom. The fourth-order valence-electron chi connectivity index (χ4n) is 6.47. The third-order valence-corrected chi connectivity index (χ3v) is 10.2. The Kier molecular flexibility index (Phi) is 11.3. The maximum Gasteiger partial charge on any atom is 0.137 e. The molecule has 6 heteroatoms. The number of benzene rings is 5. The molecule has 0 aliphatic carbocycles. The van der Waals surface area contributed by atoms with Gasteiger partial charge in [-0.15, -0.1) is 0 Å². The van der Waals surface area contributed by atoms with E-state index in [0.29, 0.717) is 33.0 Å². The van der Waals surface area contributed by atoms with Crippen LogP contribution in [0.15, 0.2) is 144 Å². The molecule has 2 aliphatic rings. The predicted molar refractivity (Wildman–Crippen MR) is 190 cm³/mol.